The van der Waals surface area contributed by atoms with Gasteiger partial charge >= 0.3 is 0 Å². The summed E-state index contributed by atoms with van der Waals surface area (Å²) in [6.45, 7) is 2.60. The van der Waals surface area contributed by atoms with Gasteiger partial charge in [0.2, 0.25) is 5.91 Å². The third kappa shape index (κ3) is 2.89. The van der Waals surface area contributed by atoms with Crippen LogP contribution in [0.25, 0.3) is 0 Å². The van der Waals surface area contributed by atoms with E-state index in [9.17, 15) is 4.79 Å². The molecule has 1 saturated carbocycles. The topological polar surface area (TPSA) is 64.3 Å². The molecule has 1 aromatic rings. The number of carbonyl (C=O) groups is 1. The van der Waals surface area contributed by atoms with Gasteiger partial charge in [0.05, 0.1) is 18.1 Å². The molecule has 1 atom stereocenters. The molecule has 0 aromatic heterocycles. The van der Waals surface area contributed by atoms with Crippen LogP contribution in [0.3, 0.4) is 0 Å². The van der Waals surface area contributed by atoms with Crippen LogP contribution in [-0.2, 0) is 14.9 Å². The molecule has 2 rings (SSSR count). The highest BCUT2D eigenvalue weighted by Crippen LogP contribution is 2.48. The van der Waals surface area contributed by atoms with Gasteiger partial charge in [0.25, 0.3) is 0 Å². The molecule has 1 fully saturated rings. The van der Waals surface area contributed by atoms with Gasteiger partial charge in [-0.3, -0.25) is 4.79 Å². The van der Waals surface area contributed by atoms with Gasteiger partial charge in [0.1, 0.15) is 0 Å². The van der Waals surface area contributed by atoms with E-state index in [0.29, 0.717) is 6.61 Å². The number of anilines is 1. The minimum atomic E-state index is -0.338. The first kappa shape index (κ1) is 13.9. The highest BCUT2D eigenvalue weighted by molar-refractivity contribution is 5.91. The smallest absolute Gasteiger partial charge is 0.230 e. The summed E-state index contributed by atoms with van der Waals surface area (Å²) in [5.41, 5.74) is 7.14. The summed E-state index contributed by atoms with van der Waals surface area (Å²) in [4.78, 5) is 12.5. The number of hydrogen-bond donors (Lipinski definition) is 2. The molecule has 0 radical (unpaired) electrons. The highest BCUT2D eigenvalue weighted by Gasteiger charge is 2.51. The molecule has 19 heavy (non-hydrogen) atoms. The Bertz CT molecular complexity index is 438. The lowest BCUT2D eigenvalue weighted by atomic mass is 9.94. The number of methoxy groups -OCH3 is 1. The van der Waals surface area contributed by atoms with Crippen LogP contribution in [0.15, 0.2) is 24.3 Å². The van der Waals surface area contributed by atoms with Crippen molar-refractivity contribution in [1.29, 1.82) is 0 Å². The third-order valence-corrected chi connectivity index (χ3v) is 3.84. The molecule has 0 heterocycles. The Morgan fingerprint density at radius 1 is 1.42 bits per heavy atom. The number of nitrogen functional groups attached to an aromatic ring is 1. The lowest BCUT2D eigenvalue weighted by Gasteiger charge is -2.21. The molecule has 1 amide bonds. The SMILES string of the molecule is CCC(COC)NC(=O)C1(c2ccc(N)cc2)CC1. The maximum atomic E-state index is 12.5. The molecule has 4 heteroatoms. The summed E-state index contributed by atoms with van der Waals surface area (Å²) in [5.74, 6) is 0.112. The second-order valence-corrected chi connectivity index (χ2v) is 5.24. The van der Waals surface area contributed by atoms with Gasteiger partial charge in [-0.25, -0.2) is 0 Å². The van der Waals surface area contributed by atoms with E-state index >= 15 is 0 Å². The van der Waals surface area contributed by atoms with Crippen molar-refractivity contribution < 1.29 is 9.53 Å². The fraction of sp³-hybridized carbons (Fsp3) is 0.533. The fourth-order valence-corrected chi connectivity index (χ4v) is 2.36. The number of carbonyl (C=O) groups excluding carboxylic acids is 1. The van der Waals surface area contributed by atoms with E-state index < -0.39 is 0 Å². The zero-order valence-corrected chi connectivity index (χ0v) is 11.6. The van der Waals surface area contributed by atoms with Crippen LogP contribution < -0.4 is 11.1 Å². The first-order chi connectivity index (χ1) is 9.12. The van der Waals surface area contributed by atoms with E-state index in [1.54, 1.807) is 7.11 Å². The van der Waals surface area contributed by atoms with Crippen molar-refractivity contribution in [2.75, 3.05) is 19.5 Å². The normalized spacial score (nSPS) is 17.8. The van der Waals surface area contributed by atoms with E-state index in [1.165, 1.54) is 0 Å². The lowest BCUT2D eigenvalue weighted by molar-refractivity contribution is -0.124. The number of nitrogens with two attached hydrogens (primary N) is 1. The van der Waals surface area contributed by atoms with Crippen molar-refractivity contribution in [2.45, 2.75) is 37.6 Å². The Balaban J connectivity index is 2.07. The van der Waals surface area contributed by atoms with Crippen LogP contribution >= 0.6 is 0 Å². The van der Waals surface area contributed by atoms with Crippen LogP contribution in [0, 0.1) is 0 Å². The zero-order chi connectivity index (χ0) is 13.9. The summed E-state index contributed by atoms with van der Waals surface area (Å²) < 4.78 is 5.12. The second-order valence-electron chi connectivity index (χ2n) is 5.24. The van der Waals surface area contributed by atoms with Gasteiger partial charge in [-0.1, -0.05) is 19.1 Å². The quantitative estimate of drug-likeness (QED) is 0.769. The number of benzene rings is 1. The molecule has 1 aromatic carbocycles. The Morgan fingerprint density at radius 3 is 2.53 bits per heavy atom. The molecule has 104 valence electrons. The fourth-order valence-electron chi connectivity index (χ4n) is 2.36. The van der Waals surface area contributed by atoms with Gasteiger partial charge in [-0.2, -0.15) is 0 Å². The van der Waals surface area contributed by atoms with Crippen LogP contribution in [0.1, 0.15) is 31.7 Å². The minimum absolute atomic E-state index is 0.0868. The maximum Gasteiger partial charge on any atom is 0.230 e. The Morgan fingerprint density at radius 2 is 2.05 bits per heavy atom. The maximum absolute atomic E-state index is 12.5. The molecule has 1 aliphatic rings. The lowest BCUT2D eigenvalue weighted by Crippen LogP contribution is -2.43. The molecule has 0 bridgehead atoms. The van der Waals surface area contributed by atoms with Crippen molar-refractivity contribution >= 4 is 11.6 Å². The molecule has 1 aliphatic carbocycles. The van der Waals surface area contributed by atoms with Gasteiger partial charge < -0.3 is 15.8 Å². The molecule has 0 spiro atoms. The number of nitrogens with one attached hydrogen (secondary N) is 1. The number of rotatable bonds is 6. The molecule has 4 nitrogen and oxygen atoms in total. The Hall–Kier alpha value is -1.55. The number of ether oxygens (including phenoxy) is 1. The van der Waals surface area contributed by atoms with E-state index in [2.05, 4.69) is 5.32 Å². The summed E-state index contributed by atoms with van der Waals surface area (Å²) in [6, 6.07) is 7.71. The van der Waals surface area contributed by atoms with Crippen molar-refractivity contribution in [2.24, 2.45) is 0 Å². The van der Waals surface area contributed by atoms with Crippen molar-refractivity contribution in [3.8, 4) is 0 Å². The molecule has 0 saturated heterocycles. The van der Waals surface area contributed by atoms with E-state index in [4.69, 9.17) is 10.5 Å². The van der Waals surface area contributed by atoms with Gasteiger partial charge in [-0.15, -0.1) is 0 Å². The van der Waals surface area contributed by atoms with E-state index in [0.717, 1.165) is 30.5 Å². The summed E-state index contributed by atoms with van der Waals surface area (Å²) >= 11 is 0. The third-order valence-electron chi connectivity index (χ3n) is 3.84. The van der Waals surface area contributed by atoms with Crippen LogP contribution in [0.4, 0.5) is 5.69 Å². The predicted molar refractivity (Wildman–Crippen MR) is 75.9 cm³/mol. The molecular formula is C15H22N2O2. The second kappa shape index (κ2) is 5.61. The van der Waals surface area contributed by atoms with E-state index in [1.807, 2.05) is 31.2 Å². The first-order valence-corrected chi connectivity index (χ1v) is 6.78. The first-order valence-electron chi connectivity index (χ1n) is 6.78. The predicted octanol–water partition coefficient (Wildman–Crippen LogP) is 1.84. The summed E-state index contributed by atoms with van der Waals surface area (Å²) in [7, 11) is 1.65. The van der Waals surface area contributed by atoms with Gasteiger partial charge in [0, 0.05) is 12.8 Å². The van der Waals surface area contributed by atoms with Crippen molar-refractivity contribution in [3.63, 3.8) is 0 Å². The number of amides is 1. The summed E-state index contributed by atoms with van der Waals surface area (Å²) in [6.07, 6.45) is 2.69. The average Bonchev–Trinajstić information content (AvgIpc) is 3.20. The largest absolute Gasteiger partial charge is 0.399 e. The van der Waals surface area contributed by atoms with Gasteiger partial charge in [0.15, 0.2) is 0 Å². The van der Waals surface area contributed by atoms with Crippen molar-refractivity contribution in [1.82, 2.24) is 5.32 Å². The van der Waals surface area contributed by atoms with E-state index in [-0.39, 0.29) is 17.4 Å². The van der Waals surface area contributed by atoms with Crippen LogP contribution in [0.2, 0.25) is 0 Å². The van der Waals surface area contributed by atoms with Gasteiger partial charge in [-0.05, 0) is 37.0 Å². The Labute approximate surface area is 114 Å². The monoisotopic (exact) mass is 262 g/mol. The van der Waals surface area contributed by atoms with Crippen LogP contribution in [0.5, 0.6) is 0 Å². The van der Waals surface area contributed by atoms with Crippen LogP contribution in [-0.4, -0.2) is 25.7 Å². The Kier molecular flexibility index (Phi) is 4.10. The zero-order valence-electron chi connectivity index (χ0n) is 11.6. The molecule has 0 aliphatic heterocycles. The average molecular weight is 262 g/mol. The molecular weight excluding hydrogens is 240 g/mol. The summed E-state index contributed by atoms with van der Waals surface area (Å²) in [5, 5.41) is 3.09. The molecule has 3 N–H and O–H groups in total. The van der Waals surface area contributed by atoms with Crippen molar-refractivity contribution in [3.05, 3.63) is 29.8 Å². The standard InChI is InChI=1S/C15H22N2O2/c1-3-13(10-19-2)17-14(18)15(8-9-15)11-4-6-12(16)7-5-11/h4-7,13H,3,8-10,16H2,1-2H3,(H,17,18). The highest BCUT2D eigenvalue weighted by atomic mass is 16.5. The molecule has 1 unspecified atom stereocenters. The number of hydrogen-bond acceptors (Lipinski definition) is 3. The minimum Gasteiger partial charge on any atom is -0.399 e.